The molecule has 0 aromatic heterocycles. The van der Waals surface area contributed by atoms with E-state index >= 15 is 0 Å². The third-order valence-corrected chi connectivity index (χ3v) is 4.74. The van der Waals surface area contributed by atoms with Gasteiger partial charge in [-0.2, -0.15) is 0 Å². The molecule has 10 heteroatoms. The molecule has 0 spiro atoms. The van der Waals surface area contributed by atoms with Crippen LogP contribution in [0.4, 0.5) is 5.69 Å². The second-order valence-corrected chi connectivity index (χ2v) is 6.82. The topological polar surface area (TPSA) is 120 Å². The van der Waals surface area contributed by atoms with Gasteiger partial charge in [-0.15, -0.1) is 0 Å². The summed E-state index contributed by atoms with van der Waals surface area (Å²) in [6.45, 7) is 3.70. The monoisotopic (exact) mass is 445 g/mol. The number of rotatable bonds is 11. The minimum atomic E-state index is -0.737. The Morgan fingerprint density at radius 2 is 1.75 bits per heavy atom. The molecule has 2 aromatic carbocycles. The van der Waals surface area contributed by atoms with Gasteiger partial charge in [0.05, 0.1) is 19.1 Å². The third kappa shape index (κ3) is 6.34. The number of likely N-dealkylation sites (N-methyl/N-ethyl adjacent to an activating group) is 1. The van der Waals surface area contributed by atoms with E-state index in [1.165, 1.54) is 30.2 Å². The average molecular weight is 445 g/mol. The molecule has 172 valence electrons. The van der Waals surface area contributed by atoms with Crippen molar-refractivity contribution < 1.29 is 28.7 Å². The van der Waals surface area contributed by atoms with Gasteiger partial charge in [-0.25, -0.2) is 0 Å². The standard InChI is InChI=1S/C22H27N3O7/c1-5-23-22(27)15(2)24(13-16-6-8-17(30-3)9-7-16)21(26)14-32-18-10-11-19(25(28)29)20(12-18)31-4/h6-12,15H,5,13-14H2,1-4H3,(H,23,27)/t15-/m0/s1. The number of nitro benzene ring substituents is 1. The second kappa shape index (κ2) is 11.5. The van der Waals surface area contributed by atoms with E-state index in [1.54, 1.807) is 33.1 Å². The fourth-order valence-corrected chi connectivity index (χ4v) is 2.96. The summed E-state index contributed by atoms with van der Waals surface area (Å²) in [4.78, 5) is 37.2. The lowest BCUT2D eigenvalue weighted by Gasteiger charge is -2.28. The Kier molecular flexibility index (Phi) is 8.82. The van der Waals surface area contributed by atoms with Gasteiger partial charge < -0.3 is 24.4 Å². The minimum Gasteiger partial charge on any atom is -0.497 e. The van der Waals surface area contributed by atoms with Crippen LogP contribution < -0.4 is 19.5 Å². The van der Waals surface area contributed by atoms with Crippen molar-refractivity contribution in [3.63, 3.8) is 0 Å². The Bertz CT molecular complexity index is 947. The van der Waals surface area contributed by atoms with Crippen LogP contribution in [0.2, 0.25) is 0 Å². The summed E-state index contributed by atoms with van der Waals surface area (Å²) in [5.41, 5.74) is 0.601. The zero-order chi connectivity index (χ0) is 23.7. The predicted molar refractivity (Wildman–Crippen MR) is 117 cm³/mol. The van der Waals surface area contributed by atoms with Crippen molar-refractivity contribution in [1.29, 1.82) is 0 Å². The molecule has 0 aliphatic rings. The average Bonchev–Trinajstić information content (AvgIpc) is 2.80. The summed E-state index contributed by atoms with van der Waals surface area (Å²) in [5.74, 6) is 0.226. The summed E-state index contributed by atoms with van der Waals surface area (Å²) in [6, 6.07) is 10.4. The molecule has 0 aliphatic heterocycles. The van der Waals surface area contributed by atoms with Crippen LogP contribution >= 0.6 is 0 Å². The van der Waals surface area contributed by atoms with Crippen molar-refractivity contribution in [3.8, 4) is 17.2 Å². The minimum absolute atomic E-state index is 0.0192. The van der Waals surface area contributed by atoms with E-state index in [9.17, 15) is 19.7 Å². The number of nitrogens with zero attached hydrogens (tertiary/aromatic N) is 2. The first-order valence-corrected chi connectivity index (χ1v) is 9.96. The molecule has 0 saturated carbocycles. The van der Waals surface area contributed by atoms with E-state index in [-0.39, 0.29) is 36.2 Å². The highest BCUT2D eigenvalue weighted by Gasteiger charge is 2.26. The molecule has 0 heterocycles. The molecular formula is C22H27N3O7. The summed E-state index contributed by atoms with van der Waals surface area (Å²) < 4.78 is 15.7. The quantitative estimate of drug-likeness (QED) is 0.417. The smallest absolute Gasteiger partial charge is 0.311 e. The first-order valence-electron chi connectivity index (χ1n) is 9.96. The van der Waals surface area contributed by atoms with Gasteiger partial charge >= 0.3 is 5.69 Å². The van der Waals surface area contributed by atoms with Gasteiger partial charge in [0, 0.05) is 25.2 Å². The number of carbonyl (C=O) groups is 2. The van der Waals surface area contributed by atoms with Gasteiger partial charge in [-0.3, -0.25) is 19.7 Å². The lowest BCUT2D eigenvalue weighted by atomic mass is 10.1. The van der Waals surface area contributed by atoms with E-state index in [4.69, 9.17) is 14.2 Å². The highest BCUT2D eigenvalue weighted by Crippen LogP contribution is 2.30. The molecule has 0 bridgehead atoms. The van der Waals surface area contributed by atoms with E-state index in [1.807, 2.05) is 12.1 Å². The molecule has 1 atom stereocenters. The van der Waals surface area contributed by atoms with Gasteiger partial charge in [0.15, 0.2) is 6.61 Å². The van der Waals surface area contributed by atoms with Crippen LogP contribution in [0.15, 0.2) is 42.5 Å². The zero-order valence-corrected chi connectivity index (χ0v) is 18.5. The Balaban J connectivity index is 2.17. The van der Waals surface area contributed by atoms with Crippen molar-refractivity contribution in [2.45, 2.75) is 26.4 Å². The van der Waals surface area contributed by atoms with E-state index in [0.29, 0.717) is 12.3 Å². The number of benzene rings is 2. The number of nitrogens with one attached hydrogen (secondary N) is 1. The molecule has 0 radical (unpaired) electrons. The molecule has 2 rings (SSSR count). The van der Waals surface area contributed by atoms with Crippen molar-refractivity contribution in [2.24, 2.45) is 0 Å². The Morgan fingerprint density at radius 3 is 2.31 bits per heavy atom. The summed E-state index contributed by atoms with van der Waals surface area (Å²) in [7, 11) is 2.87. The van der Waals surface area contributed by atoms with Crippen molar-refractivity contribution in [2.75, 3.05) is 27.4 Å². The molecule has 2 amide bonds. The van der Waals surface area contributed by atoms with E-state index in [2.05, 4.69) is 5.32 Å². The lowest BCUT2D eigenvalue weighted by molar-refractivity contribution is -0.385. The lowest BCUT2D eigenvalue weighted by Crippen LogP contribution is -2.49. The SMILES string of the molecule is CCNC(=O)[C@H](C)N(Cc1ccc(OC)cc1)C(=O)COc1ccc([N+](=O)[O-])c(OC)c1. The van der Waals surface area contributed by atoms with Crippen LogP contribution in [-0.2, 0) is 16.1 Å². The molecule has 0 aliphatic carbocycles. The van der Waals surface area contributed by atoms with Crippen molar-refractivity contribution >= 4 is 17.5 Å². The maximum absolute atomic E-state index is 13.0. The second-order valence-electron chi connectivity index (χ2n) is 6.82. The molecule has 0 unspecified atom stereocenters. The molecule has 1 N–H and O–H groups in total. The summed E-state index contributed by atoms with van der Waals surface area (Å²) in [5, 5.41) is 13.7. The number of hydrogen-bond donors (Lipinski definition) is 1. The number of methoxy groups -OCH3 is 2. The van der Waals surface area contributed by atoms with Gasteiger partial charge in [-0.1, -0.05) is 12.1 Å². The van der Waals surface area contributed by atoms with Crippen LogP contribution in [0.5, 0.6) is 17.2 Å². The highest BCUT2D eigenvalue weighted by molar-refractivity contribution is 5.87. The van der Waals surface area contributed by atoms with Crippen LogP contribution in [-0.4, -0.2) is 55.1 Å². The number of hydrogen-bond acceptors (Lipinski definition) is 7. The predicted octanol–water partition coefficient (Wildman–Crippen LogP) is 2.54. The van der Waals surface area contributed by atoms with Crippen LogP contribution in [0.3, 0.4) is 0 Å². The van der Waals surface area contributed by atoms with E-state index in [0.717, 1.165) is 5.56 Å². The molecule has 2 aromatic rings. The normalized spacial score (nSPS) is 11.2. The molecule has 10 nitrogen and oxygen atoms in total. The van der Waals surface area contributed by atoms with Crippen molar-refractivity contribution in [1.82, 2.24) is 10.2 Å². The van der Waals surface area contributed by atoms with Gasteiger partial charge in [-0.05, 0) is 37.6 Å². The largest absolute Gasteiger partial charge is 0.497 e. The Hall–Kier alpha value is -3.82. The maximum Gasteiger partial charge on any atom is 0.311 e. The fraction of sp³-hybridized carbons (Fsp3) is 0.364. The van der Waals surface area contributed by atoms with Crippen molar-refractivity contribution in [3.05, 3.63) is 58.1 Å². The Morgan fingerprint density at radius 1 is 1.09 bits per heavy atom. The van der Waals surface area contributed by atoms with Crippen LogP contribution in [0, 0.1) is 10.1 Å². The van der Waals surface area contributed by atoms with Gasteiger partial charge in [0.25, 0.3) is 5.91 Å². The molecule has 0 saturated heterocycles. The summed E-state index contributed by atoms with van der Waals surface area (Å²) >= 11 is 0. The Labute approximate surface area is 186 Å². The zero-order valence-electron chi connectivity index (χ0n) is 18.5. The van der Waals surface area contributed by atoms with Gasteiger partial charge in [0.2, 0.25) is 11.7 Å². The van der Waals surface area contributed by atoms with Gasteiger partial charge in [0.1, 0.15) is 17.5 Å². The number of carbonyl (C=O) groups excluding carboxylic acids is 2. The summed E-state index contributed by atoms with van der Waals surface area (Å²) in [6.07, 6.45) is 0. The number of amides is 2. The van der Waals surface area contributed by atoms with E-state index < -0.39 is 16.9 Å². The van der Waals surface area contributed by atoms with Crippen LogP contribution in [0.1, 0.15) is 19.4 Å². The molecular weight excluding hydrogens is 418 g/mol. The third-order valence-electron chi connectivity index (χ3n) is 4.74. The first-order chi connectivity index (χ1) is 15.3. The maximum atomic E-state index is 13.0. The first kappa shape index (κ1) is 24.4. The number of ether oxygens (including phenoxy) is 3. The fourth-order valence-electron chi connectivity index (χ4n) is 2.96. The molecule has 32 heavy (non-hydrogen) atoms. The molecule has 0 fully saturated rings. The van der Waals surface area contributed by atoms with Crippen LogP contribution in [0.25, 0.3) is 0 Å². The number of nitro groups is 1. The highest BCUT2D eigenvalue weighted by atomic mass is 16.6.